The molecule has 1 aromatic carbocycles. The van der Waals surface area contributed by atoms with Crippen molar-refractivity contribution in [3.05, 3.63) is 48.4 Å². The minimum Gasteiger partial charge on any atom is -0.354 e. The summed E-state index contributed by atoms with van der Waals surface area (Å²) < 4.78 is 12.8. The number of pyridine rings is 1. The fourth-order valence-electron chi connectivity index (χ4n) is 1.67. The van der Waals surface area contributed by atoms with E-state index in [9.17, 15) is 9.18 Å². The van der Waals surface area contributed by atoms with Gasteiger partial charge in [-0.3, -0.25) is 4.79 Å². The predicted octanol–water partition coefficient (Wildman–Crippen LogP) is 3.70. The summed E-state index contributed by atoms with van der Waals surface area (Å²) >= 11 is 0. The molecule has 0 saturated heterocycles. The number of hydrogen-bond acceptors (Lipinski definition) is 3. The molecule has 0 fully saturated rings. The lowest BCUT2D eigenvalue weighted by Gasteiger charge is -2.07. The molecule has 0 saturated carbocycles. The minimum absolute atomic E-state index is 0.0424. The summed E-state index contributed by atoms with van der Waals surface area (Å²) in [5, 5.41) is 5.81. The van der Waals surface area contributed by atoms with Crippen LogP contribution in [0.15, 0.2) is 42.6 Å². The SMILES string of the molecule is CCCC(=O)Nc1ccc(Nc2ccc(F)cc2)cn1. The van der Waals surface area contributed by atoms with Crippen LogP contribution in [0, 0.1) is 5.82 Å². The molecule has 0 aliphatic carbocycles. The Kier molecular flexibility index (Phi) is 4.65. The number of hydrogen-bond donors (Lipinski definition) is 2. The van der Waals surface area contributed by atoms with Crippen molar-refractivity contribution in [2.75, 3.05) is 10.6 Å². The maximum absolute atomic E-state index is 12.8. The first-order valence-corrected chi connectivity index (χ1v) is 6.46. The minimum atomic E-state index is -0.275. The highest BCUT2D eigenvalue weighted by atomic mass is 19.1. The molecule has 5 heteroatoms. The van der Waals surface area contributed by atoms with E-state index in [0.29, 0.717) is 12.2 Å². The van der Waals surface area contributed by atoms with Gasteiger partial charge in [0, 0.05) is 12.1 Å². The standard InChI is InChI=1S/C15H16FN3O/c1-2-3-15(20)19-14-9-8-13(10-17-14)18-12-6-4-11(16)5-7-12/h4-10,18H,2-3H2,1H3,(H,17,19,20). The van der Waals surface area contributed by atoms with Crippen LogP contribution >= 0.6 is 0 Å². The van der Waals surface area contributed by atoms with Crippen LogP contribution < -0.4 is 10.6 Å². The zero-order chi connectivity index (χ0) is 14.4. The number of benzene rings is 1. The van der Waals surface area contributed by atoms with Gasteiger partial charge < -0.3 is 10.6 Å². The topological polar surface area (TPSA) is 54.0 Å². The predicted molar refractivity (Wildman–Crippen MR) is 77.5 cm³/mol. The largest absolute Gasteiger partial charge is 0.354 e. The number of nitrogens with one attached hydrogen (secondary N) is 2. The Balaban J connectivity index is 1.97. The average molecular weight is 273 g/mol. The molecule has 4 nitrogen and oxygen atoms in total. The van der Waals surface area contributed by atoms with E-state index in [4.69, 9.17) is 0 Å². The van der Waals surface area contributed by atoms with Gasteiger partial charge in [0.05, 0.1) is 11.9 Å². The second-order valence-corrected chi connectivity index (χ2v) is 4.36. The van der Waals surface area contributed by atoms with Crippen molar-refractivity contribution in [1.82, 2.24) is 4.98 Å². The fourth-order valence-corrected chi connectivity index (χ4v) is 1.67. The molecule has 2 rings (SSSR count). The van der Waals surface area contributed by atoms with E-state index >= 15 is 0 Å². The van der Waals surface area contributed by atoms with Gasteiger partial charge in [-0.1, -0.05) is 6.92 Å². The summed E-state index contributed by atoms with van der Waals surface area (Å²) in [6, 6.07) is 9.58. The van der Waals surface area contributed by atoms with Crippen molar-refractivity contribution in [2.45, 2.75) is 19.8 Å². The van der Waals surface area contributed by atoms with E-state index < -0.39 is 0 Å². The first-order valence-electron chi connectivity index (χ1n) is 6.46. The number of halogens is 1. The van der Waals surface area contributed by atoms with Crippen molar-refractivity contribution in [1.29, 1.82) is 0 Å². The van der Waals surface area contributed by atoms with E-state index in [2.05, 4.69) is 15.6 Å². The van der Waals surface area contributed by atoms with Gasteiger partial charge in [-0.2, -0.15) is 0 Å². The quantitative estimate of drug-likeness (QED) is 0.873. The molecular weight excluding hydrogens is 257 g/mol. The number of aromatic nitrogens is 1. The molecule has 0 spiro atoms. The molecule has 1 aromatic heterocycles. The zero-order valence-corrected chi connectivity index (χ0v) is 11.2. The van der Waals surface area contributed by atoms with Crippen LogP contribution in [0.2, 0.25) is 0 Å². The Hall–Kier alpha value is -2.43. The van der Waals surface area contributed by atoms with E-state index in [0.717, 1.165) is 17.8 Å². The summed E-state index contributed by atoms with van der Waals surface area (Å²) in [4.78, 5) is 15.6. The summed E-state index contributed by atoms with van der Waals surface area (Å²) in [6.07, 6.45) is 2.90. The molecule has 0 aliphatic rings. The number of amides is 1. The van der Waals surface area contributed by atoms with Gasteiger partial charge in [0.15, 0.2) is 0 Å². The Bertz CT molecular complexity index is 567. The molecule has 104 valence electrons. The first kappa shape index (κ1) is 14.0. The normalized spacial score (nSPS) is 10.1. The summed E-state index contributed by atoms with van der Waals surface area (Å²) in [6.45, 7) is 1.95. The molecular formula is C15H16FN3O. The lowest BCUT2D eigenvalue weighted by Crippen LogP contribution is -2.11. The maximum atomic E-state index is 12.8. The van der Waals surface area contributed by atoms with E-state index in [1.807, 2.05) is 6.92 Å². The molecule has 1 heterocycles. The van der Waals surface area contributed by atoms with Crippen LogP contribution in [0.5, 0.6) is 0 Å². The summed E-state index contributed by atoms with van der Waals surface area (Å²) in [5.74, 6) is 0.204. The lowest BCUT2D eigenvalue weighted by atomic mass is 10.3. The number of carbonyl (C=O) groups excluding carboxylic acids is 1. The summed E-state index contributed by atoms with van der Waals surface area (Å²) in [7, 11) is 0. The fraction of sp³-hybridized carbons (Fsp3) is 0.200. The second kappa shape index (κ2) is 6.65. The molecule has 0 aliphatic heterocycles. The highest BCUT2D eigenvalue weighted by molar-refractivity contribution is 5.89. The van der Waals surface area contributed by atoms with Crippen LogP contribution in [0.4, 0.5) is 21.6 Å². The molecule has 2 N–H and O–H groups in total. The third-order valence-corrected chi connectivity index (χ3v) is 2.64. The third kappa shape index (κ3) is 4.05. The monoisotopic (exact) mass is 273 g/mol. The van der Waals surface area contributed by atoms with Gasteiger partial charge in [-0.05, 0) is 42.8 Å². The maximum Gasteiger partial charge on any atom is 0.225 e. The average Bonchev–Trinajstić information content (AvgIpc) is 2.44. The van der Waals surface area contributed by atoms with Crippen molar-refractivity contribution in [3.63, 3.8) is 0 Å². The van der Waals surface area contributed by atoms with E-state index in [-0.39, 0.29) is 11.7 Å². The Morgan fingerprint density at radius 2 is 1.85 bits per heavy atom. The van der Waals surface area contributed by atoms with Gasteiger partial charge in [0.2, 0.25) is 5.91 Å². The molecule has 0 bridgehead atoms. The lowest BCUT2D eigenvalue weighted by molar-refractivity contribution is -0.116. The second-order valence-electron chi connectivity index (χ2n) is 4.36. The molecule has 1 amide bonds. The van der Waals surface area contributed by atoms with E-state index in [1.165, 1.54) is 12.1 Å². The molecule has 20 heavy (non-hydrogen) atoms. The highest BCUT2D eigenvalue weighted by Crippen LogP contribution is 2.17. The van der Waals surface area contributed by atoms with Gasteiger partial charge in [0.1, 0.15) is 11.6 Å². The number of rotatable bonds is 5. The van der Waals surface area contributed by atoms with E-state index in [1.54, 1.807) is 30.5 Å². The molecule has 0 radical (unpaired) electrons. The van der Waals surface area contributed by atoms with Crippen molar-refractivity contribution in [3.8, 4) is 0 Å². The number of anilines is 3. The molecule has 2 aromatic rings. The Morgan fingerprint density at radius 3 is 2.45 bits per heavy atom. The third-order valence-electron chi connectivity index (χ3n) is 2.64. The molecule has 0 unspecified atom stereocenters. The summed E-state index contributed by atoms with van der Waals surface area (Å²) in [5.41, 5.74) is 1.54. The number of nitrogens with zero attached hydrogens (tertiary/aromatic N) is 1. The zero-order valence-electron chi connectivity index (χ0n) is 11.2. The van der Waals surface area contributed by atoms with Crippen LogP contribution in [0.25, 0.3) is 0 Å². The van der Waals surface area contributed by atoms with Gasteiger partial charge >= 0.3 is 0 Å². The van der Waals surface area contributed by atoms with Crippen LogP contribution in [-0.4, -0.2) is 10.9 Å². The van der Waals surface area contributed by atoms with Crippen molar-refractivity contribution >= 4 is 23.1 Å². The highest BCUT2D eigenvalue weighted by Gasteiger charge is 2.02. The van der Waals surface area contributed by atoms with Gasteiger partial charge in [-0.15, -0.1) is 0 Å². The van der Waals surface area contributed by atoms with Crippen LogP contribution in [0.1, 0.15) is 19.8 Å². The first-order chi connectivity index (χ1) is 9.67. The van der Waals surface area contributed by atoms with Crippen LogP contribution in [-0.2, 0) is 4.79 Å². The van der Waals surface area contributed by atoms with Gasteiger partial charge in [-0.25, -0.2) is 9.37 Å². The van der Waals surface area contributed by atoms with Crippen LogP contribution in [0.3, 0.4) is 0 Å². The van der Waals surface area contributed by atoms with Crippen molar-refractivity contribution in [2.24, 2.45) is 0 Å². The van der Waals surface area contributed by atoms with Gasteiger partial charge in [0.25, 0.3) is 0 Å². The number of carbonyl (C=O) groups is 1. The smallest absolute Gasteiger partial charge is 0.225 e. The Labute approximate surface area is 117 Å². The molecule has 0 atom stereocenters. The Morgan fingerprint density at radius 1 is 1.15 bits per heavy atom. The van der Waals surface area contributed by atoms with Crippen molar-refractivity contribution < 1.29 is 9.18 Å².